The molecule has 2 aromatic rings. The lowest BCUT2D eigenvalue weighted by molar-refractivity contribution is -0.118. The van der Waals surface area contributed by atoms with E-state index in [2.05, 4.69) is 28.1 Å². The molecule has 1 aliphatic rings. The second kappa shape index (κ2) is 10.3. The molecular formula is C20H24ClN3O2S. The molecule has 3 N–H and O–H groups in total. The lowest BCUT2D eigenvalue weighted by Crippen LogP contribution is -2.25. The van der Waals surface area contributed by atoms with Crippen molar-refractivity contribution in [1.29, 1.82) is 0 Å². The van der Waals surface area contributed by atoms with Gasteiger partial charge in [-0.3, -0.25) is 9.59 Å². The fourth-order valence-electron chi connectivity index (χ4n) is 2.78. The summed E-state index contributed by atoms with van der Waals surface area (Å²) in [5.74, 6) is 0.370. The van der Waals surface area contributed by atoms with Gasteiger partial charge < -0.3 is 16.0 Å². The highest BCUT2D eigenvalue weighted by atomic mass is 35.5. The van der Waals surface area contributed by atoms with Crippen LogP contribution in [0.3, 0.4) is 0 Å². The Labute approximate surface area is 170 Å². The van der Waals surface area contributed by atoms with Gasteiger partial charge in [0.05, 0.1) is 11.5 Å². The molecule has 5 nitrogen and oxygen atoms in total. The number of amides is 2. The molecule has 0 saturated heterocycles. The molecule has 0 saturated carbocycles. The number of aryl methyl sites for hydroxylation is 1. The van der Waals surface area contributed by atoms with Crippen molar-refractivity contribution < 1.29 is 9.59 Å². The second-order valence-electron chi connectivity index (χ2n) is 6.39. The van der Waals surface area contributed by atoms with Gasteiger partial charge in [-0.2, -0.15) is 0 Å². The number of anilines is 1. The fourth-order valence-corrected chi connectivity index (χ4v) is 3.43. The number of rotatable bonds is 7. The minimum Gasteiger partial charge on any atom is -0.351 e. The molecule has 0 bridgehead atoms. The van der Waals surface area contributed by atoms with E-state index in [4.69, 9.17) is 0 Å². The standard InChI is InChI=1S/C20H23N3O2S.ClH/c1-14-2-6-18(7-3-14)23-20(25)13-26-12-19(24)22-9-15-4-5-16-10-21-11-17(16)8-15;/h2-8,21H,9-13H2,1H3,(H,22,24)(H,23,25);1H. The van der Waals surface area contributed by atoms with E-state index in [0.29, 0.717) is 6.54 Å². The van der Waals surface area contributed by atoms with E-state index in [0.717, 1.165) is 29.9 Å². The van der Waals surface area contributed by atoms with E-state index in [1.165, 1.54) is 22.9 Å². The molecule has 0 atom stereocenters. The Morgan fingerprint density at radius 3 is 2.48 bits per heavy atom. The van der Waals surface area contributed by atoms with Crippen molar-refractivity contribution >= 4 is 41.7 Å². The van der Waals surface area contributed by atoms with Gasteiger partial charge in [0.15, 0.2) is 0 Å². The van der Waals surface area contributed by atoms with Crippen LogP contribution in [-0.2, 0) is 29.2 Å². The molecule has 2 amide bonds. The first-order chi connectivity index (χ1) is 12.6. The lowest BCUT2D eigenvalue weighted by Gasteiger charge is -2.08. The van der Waals surface area contributed by atoms with Crippen LogP contribution in [0.2, 0.25) is 0 Å². The number of hydrogen-bond donors (Lipinski definition) is 3. The number of hydrogen-bond acceptors (Lipinski definition) is 4. The third kappa shape index (κ3) is 6.57. The molecule has 0 spiro atoms. The Hall–Kier alpha value is -2.02. The predicted molar refractivity (Wildman–Crippen MR) is 113 cm³/mol. The van der Waals surface area contributed by atoms with E-state index in [9.17, 15) is 9.59 Å². The van der Waals surface area contributed by atoms with Gasteiger partial charge in [0, 0.05) is 25.3 Å². The maximum atomic E-state index is 12.0. The Balaban J connectivity index is 0.00000261. The largest absolute Gasteiger partial charge is 0.351 e. The minimum atomic E-state index is -0.0993. The summed E-state index contributed by atoms with van der Waals surface area (Å²) >= 11 is 1.31. The first kappa shape index (κ1) is 21.3. The Morgan fingerprint density at radius 1 is 1.00 bits per heavy atom. The highest BCUT2D eigenvalue weighted by Crippen LogP contribution is 2.17. The highest BCUT2D eigenvalue weighted by molar-refractivity contribution is 8.00. The molecule has 0 unspecified atom stereocenters. The Morgan fingerprint density at radius 2 is 1.70 bits per heavy atom. The summed E-state index contributed by atoms with van der Waals surface area (Å²) in [6.07, 6.45) is 0. The fraction of sp³-hybridized carbons (Fsp3) is 0.300. The number of nitrogens with one attached hydrogen (secondary N) is 3. The minimum absolute atomic E-state index is 0. The van der Waals surface area contributed by atoms with E-state index >= 15 is 0 Å². The van der Waals surface area contributed by atoms with E-state index in [-0.39, 0.29) is 35.7 Å². The Kier molecular flexibility index (Phi) is 8.16. The molecular weight excluding hydrogens is 382 g/mol. The lowest BCUT2D eigenvalue weighted by atomic mass is 10.1. The zero-order valence-corrected chi connectivity index (χ0v) is 16.8. The number of benzene rings is 2. The van der Waals surface area contributed by atoms with E-state index in [1.807, 2.05) is 37.3 Å². The van der Waals surface area contributed by atoms with Crippen LogP contribution in [0.15, 0.2) is 42.5 Å². The summed E-state index contributed by atoms with van der Waals surface area (Å²) in [5.41, 5.74) is 5.66. The van der Waals surface area contributed by atoms with Crippen LogP contribution >= 0.6 is 24.2 Å². The molecule has 0 radical (unpaired) electrons. The van der Waals surface area contributed by atoms with Crippen LogP contribution < -0.4 is 16.0 Å². The van der Waals surface area contributed by atoms with Crippen molar-refractivity contribution in [2.24, 2.45) is 0 Å². The van der Waals surface area contributed by atoms with Crippen LogP contribution in [0, 0.1) is 6.92 Å². The molecule has 1 heterocycles. The third-order valence-electron chi connectivity index (χ3n) is 4.19. The van der Waals surface area contributed by atoms with Crippen molar-refractivity contribution in [1.82, 2.24) is 10.6 Å². The summed E-state index contributed by atoms with van der Waals surface area (Å²) in [5, 5.41) is 9.04. The van der Waals surface area contributed by atoms with Gasteiger partial charge in [-0.25, -0.2) is 0 Å². The number of halogens is 1. The summed E-state index contributed by atoms with van der Waals surface area (Å²) in [6.45, 7) is 4.33. The van der Waals surface area contributed by atoms with Gasteiger partial charge in [0.1, 0.15) is 0 Å². The topological polar surface area (TPSA) is 70.2 Å². The monoisotopic (exact) mass is 405 g/mol. The quantitative estimate of drug-likeness (QED) is 0.662. The first-order valence-electron chi connectivity index (χ1n) is 8.62. The van der Waals surface area contributed by atoms with Crippen molar-refractivity contribution in [2.45, 2.75) is 26.6 Å². The van der Waals surface area contributed by atoms with Crippen LogP contribution in [0.4, 0.5) is 5.69 Å². The van der Waals surface area contributed by atoms with Gasteiger partial charge in [-0.15, -0.1) is 24.2 Å². The number of carbonyl (C=O) groups excluding carboxylic acids is 2. The maximum absolute atomic E-state index is 12.0. The molecule has 0 fully saturated rings. The van der Waals surface area contributed by atoms with Crippen LogP contribution in [0.25, 0.3) is 0 Å². The van der Waals surface area contributed by atoms with Gasteiger partial charge in [-0.1, -0.05) is 35.9 Å². The molecule has 2 aromatic carbocycles. The molecule has 3 rings (SSSR count). The number of thioether (sulfide) groups is 1. The number of carbonyl (C=O) groups is 2. The zero-order chi connectivity index (χ0) is 18.4. The first-order valence-corrected chi connectivity index (χ1v) is 9.78. The molecule has 7 heteroatoms. The van der Waals surface area contributed by atoms with Crippen LogP contribution in [0.1, 0.15) is 22.3 Å². The summed E-state index contributed by atoms with van der Waals surface area (Å²) in [6, 6.07) is 13.9. The molecule has 27 heavy (non-hydrogen) atoms. The SMILES string of the molecule is Cc1ccc(NC(=O)CSCC(=O)NCc2ccc3c(c2)CNC3)cc1.Cl. The van der Waals surface area contributed by atoms with Crippen molar-refractivity contribution in [3.63, 3.8) is 0 Å². The summed E-state index contributed by atoms with van der Waals surface area (Å²) < 4.78 is 0. The average molecular weight is 406 g/mol. The molecule has 1 aliphatic heterocycles. The Bertz CT molecular complexity index is 796. The normalized spacial score (nSPS) is 12.0. The van der Waals surface area contributed by atoms with Crippen molar-refractivity contribution in [2.75, 3.05) is 16.8 Å². The van der Waals surface area contributed by atoms with Crippen LogP contribution in [0.5, 0.6) is 0 Å². The summed E-state index contributed by atoms with van der Waals surface area (Å²) in [7, 11) is 0. The van der Waals surface area contributed by atoms with Gasteiger partial charge in [0.2, 0.25) is 11.8 Å². The van der Waals surface area contributed by atoms with Gasteiger partial charge >= 0.3 is 0 Å². The van der Waals surface area contributed by atoms with Gasteiger partial charge in [0.25, 0.3) is 0 Å². The van der Waals surface area contributed by atoms with Gasteiger partial charge in [-0.05, 0) is 35.7 Å². The molecule has 0 aliphatic carbocycles. The van der Waals surface area contributed by atoms with Crippen LogP contribution in [-0.4, -0.2) is 23.3 Å². The van der Waals surface area contributed by atoms with E-state index in [1.54, 1.807) is 0 Å². The second-order valence-corrected chi connectivity index (χ2v) is 7.38. The summed E-state index contributed by atoms with van der Waals surface area (Å²) in [4.78, 5) is 23.8. The highest BCUT2D eigenvalue weighted by Gasteiger charge is 2.11. The average Bonchev–Trinajstić information content (AvgIpc) is 3.10. The third-order valence-corrected chi connectivity index (χ3v) is 5.13. The number of fused-ring (bicyclic) bond motifs is 1. The zero-order valence-electron chi connectivity index (χ0n) is 15.2. The smallest absolute Gasteiger partial charge is 0.234 e. The van der Waals surface area contributed by atoms with E-state index < -0.39 is 0 Å². The maximum Gasteiger partial charge on any atom is 0.234 e. The van der Waals surface area contributed by atoms with Crippen molar-refractivity contribution in [3.8, 4) is 0 Å². The predicted octanol–water partition coefficient (Wildman–Crippen LogP) is 3.01. The molecule has 0 aromatic heterocycles. The molecule has 144 valence electrons. The van der Waals surface area contributed by atoms with Crippen molar-refractivity contribution in [3.05, 3.63) is 64.7 Å².